The van der Waals surface area contributed by atoms with Gasteiger partial charge in [0.25, 0.3) is 5.91 Å². The number of H-pyrrole nitrogens is 1. The Bertz CT molecular complexity index is 1840. The van der Waals surface area contributed by atoms with Crippen LogP contribution < -0.4 is 5.32 Å². The zero-order chi connectivity index (χ0) is 30.2. The van der Waals surface area contributed by atoms with Gasteiger partial charge < -0.3 is 20.1 Å². The summed E-state index contributed by atoms with van der Waals surface area (Å²) in [5.41, 5.74) is 3.93. The number of aryl methyl sites for hydroxylation is 1. The van der Waals surface area contributed by atoms with E-state index < -0.39 is 18.1 Å². The molecule has 14 heteroatoms. The highest BCUT2D eigenvalue weighted by Crippen LogP contribution is 2.43. The molecule has 0 aliphatic carbocycles. The molecular weight excluding hydrogens is 601 g/mol. The van der Waals surface area contributed by atoms with Crippen molar-refractivity contribution >= 4 is 52.4 Å². The number of esters is 1. The molecule has 0 bridgehead atoms. The molecule has 12 nitrogen and oxygen atoms in total. The summed E-state index contributed by atoms with van der Waals surface area (Å²) in [5.74, 6) is 0.574. The number of β-lactam (4-membered cyclic amide) rings is 1. The van der Waals surface area contributed by atoms with Gasteiger partial charge in [-0.25, -0.2) is 14.5 Å². The smallest absolute Gasteiger partial charge is 0.356 e. The molecule has 3 N–H and O–H groups in total. The Kier molecular flexibility index (Phi) is 7.44. The molecule has 2 aliphatic heterocycles. The van der Waals surface area contributed by atoms with Crippen molar-refractivity contribution in [1.82, 2.24) is 35.1 Å². The van der Waals surface area contributed by atoms with Gasteiger partial charge in [0.1, 0.15) is 22.9 Å². The van der Waals surface area contributed by atoms with Gasteiger partial charge in [0.05, 0.1) is 11.0 Å². The van der Waals surface area contributed by atoms with Crippen LogP contribution in [0.4, 0.5) is 5.95 Å². The van der Waals surface area contributed by atoms with Crippen molar-refractivity contribution < 1.29 is 19.4 Å². The summed E-state index contributed by atoms with van der Waals surface area (Å²) in [6, 6.07) is 23.3. The molecule has 4 heterocycles. The molecule has 7 rings (SSSR count). The number of imidazole rings is 1. The number of aromatic amines is 1. The molecule has 2 aromatic heterocycles. The summed E-state index contributed by atoms with van der Waals surface area (Å²) in [4.78, 5) is 37.0. The second kappa shape index (κ2) is 11.7. The van der Waals surface area contributed by atoms with Gasteiger partial charge >= 0.3 is 5.97 Å². The van der Waals surface area contributed by atoms with Gasteiger partial charge in [0.2, 0.25) is 11.1 Å². The van der Waals surface area contributed by atoms with Crippen LogP contribution in [0.3, 0.4) is 0 Å². The Morgan fingerprint density at radius 2 is 1.86 bits per heavy atom. The highest BCUT2D eigenvalue weighted by Gasteiger charge is 2.54. The third-order valence-electron chi connectivity index (χ3n) is 7.38. The van der Waals surface area contributed by atoms with Crippen LogP contribution in [0.1, 0.15) is 17.2 Å². The lowest BCUT2D eigenvalue weighted by Gasteiger charge is -2.49. The highest BCUT2D eigenvalue weighted by atomic mass is 32.2. The molecule has 2 atom stereocenters. The van der Waals surface area contributed by atoms with Crippen molar-refractivity contribution in [2.45, 2.75) is 22.7 Å². The number of hydrogen-bond donors (Lipinski definition) is 3. The molecule has 0 saturated carbocycles. The predicted molar refractivity (Wildman–Crippen MR) is 166 cm³/mol. The van der Waals surface area contributed by atoms with Crippen LogP contribution >= 0.6 is 23.5 Å². The maximum atomic E-state index is 14.1. The number of nitrogens with zero attached hydrogens (tertiary/aromatic N) is 6. The lowest BCUT2D eigenvalue weighted by molar-refractivity contribution is -0.152. The van der Waals surface area contributed by atoms with Crippen LogP contribution in [0.25, 0.3) is 11.0 Å². The van der Waals surface area contributed by atoms with Crippen molar-refractivity contribution in [2.75, 3.05) is 16.8 Å². The van der Waals surface area contributed by atoms with E-state index in [1.807, 2.05) is 60.7 Å². The van der Waals surface area contributed by atoms with Crippen LogP contribution in [0.15, 0.2) is 95.3 Å². The van der Waals surface area contributed by atoms with E-state index in [0.717, 1.165) is 16.7 Å². The monoisotopic (exact) mass is 626 g/mol. The number of aromatic hydroxyl groups is 1. The van der Waals surface area contributed by atoms with Crippen LogP contribution in [-0.4, -0.2) is 75.0 Å². The van der Waals surface area contributed by atoms with Crippen molar-refractivity contribution in [3.05, 3.63) is 101 Å². The first kappa shape index (κ1) is 28.0. The van der Waals surface area contributed by atoms with Gasteiger partial charge in [-0.1, -0.05) is 72.4 Å². The number of carbonyl (C=O) groups excluding carboxylic acids is 2. The molecule has 5 aromatic rings. The summed E-state index contributed by atoms with van der Waals surface area (Å²) in [5, 5.41) is 24.9. The Morgan fingerprint density at radius 3 is 2.55 bits per heavy atom. The van der Waals surface area contributed by atoms with Crippen molar-refractivity contribution in [3.63, 3.8) is 0 Å². The number of benzene rings is 3. The van der Waals surface area contributed by atoms with Gasteiger partial charge in [-0.2, -0.15) is 0 Å². The van der Waals surface area contributed by atoms with E-state index >= 15 is 0 Å². The number of carbonyl (C=O) groups is 2. The van der Waals surface area contributed by atoms with Crippen molar-refractivity contribution in [2.24, 2.45) is 7.05 Å². The fourth-order valence-corrected chi connectivity index (χ4v) is 7.57. The molecule has 1 amide bonds. The van der Waals surface area contributed by atoms with Gasteiger partial charge in [-0.15, -0.1) is 16.9 Å². The first-order valence-electron chi connectivity index (χ1n) is 13.7. The number of phenols is 1. The van der Waals surface area contributed by atoms with E-state index in [1.165, 1.54) is 16.7 Å². The second-order valence-electron chi connectivity index (χ2n) is 10.3. The van der Waals surface area contributed by atoms with Crippen molar-refractivity contribution in [3.8, 4) is 5.75 Å². The van der Waals surface area contributed by atoms with Gasteiger partial charge in [0, 0.05) is 24.6 Å². The molecule has 0 radical (unpaired) electrons. The fraction of sp³-hybridized carbons (Fsp3) is 0.200. The number of aromatic nitrogens is 6. The first-order valence-corrected chi connectivity index (χ1v) is 15.8. The Morgan fingerprint density at radius 1 is 1.14 bits per heavy atom. The predicted octanol–water partition coefficient (Wildman–Crippen LogP) is 3.87. The second-order valence-corrected chi connectivity index (χ2v) is 12.3. The van der Waals surface area contributed by atoms with E-state index in [9.17, 15) is 14.7 Å². The largest absolute Gasteiger partial charge is 0.508 e. The molecule has 1 saturated heterocycles. The van der Waals surface area contributed by atoms with Crippen LogP contribution in [0.2, 0.25) is 0 Å². The van der Waals surface area contributed by atoms with Gasteiger partial charge in [-0.3, -0.25) is 9.69 Å². The minimum Gasteiger partial charge on any atom is -0.508 e. The highest BCUT2D eigenvalue weighted by molar-refractivity contribution is 8.01. The SMILES string of the molecule is Cn1nnnc1SCC1=C(C(=O)OC(c2ccccc2)c2ccccc2)N2C(=O)[C@@H](Nc3nc4ccc(O)cc4[nH]3)C2SC1. The topological polar surface area (TPSA) is 151 Å². The zero-order valence-corrected chi connectivity index (χ0v) is 25.0. The minimum atomic E-state index is -0.667. The molecule has 1 unspecified atom stereocenters. The number of amides is 1. The average molecular weight is 627 g/mol. The number of rotatable bonds is 9. The lowest BCUT2D eigenvalue weighted by Crippen LogP contribution is -2.67. The van der Waals surface area contributed by atoms with Crippen LogP contribution in [0, 0.1) is 0 Å². The molecule has 3 aromatic carbocycles. The third-order valence-corrected chi connectivity index (χ3v) is 9.82. The minimum absolute atomic E-state index is 0.113. The maximum Gasteiger partial charge on any atom is 0.356 e. The number of hydrogen-bond acceptors (Lipinski definition) is 11. The number of anilines is 1. The fourth-order valence-electron chi connectivity index (χ4n) is 5.24. The average Bonchev–Trinajstić information content (AvgIpc) is 3.66. The van der Waals surface area contributed by atoms with Gasteiger partial charge in [0.15, 0.2) is 6.10 Å². The summed E-state index contributed by atoms with van der Waals surface area (Å²) in [6.07, 6.45) is -0.667. The van der Waals surface area contributed by atoms with E-state index in [2.05, 4.69) is 30.8 Å². The number of ether oxygens (including phenoxy) is 1. The van der Waals surface area contributed by atoms with E-state index in [1.54, 1.807) is 41.7 Å². The van der Waals surface area contributed by atoms with E-state index in [-0.39, 0.29) is 22.7 Å². The van der Waals surface area contributed by atoms with E-state index in [4.69, 9.17) is 4.74 Å². The van der Waals surface area contributed by atoms with E-state index in [0.29, 0.717) is 33.6 Å². The molecular formula is C30H26N8O4S2. The summed E-state index contributed by atoms with van der Waals surface area (Å²) in [7, 11) is 1.75. The molecule has 1 fully saturated rings. The van der Waals surface area contributed by atoms with Gasteiger partial charge in [-0.05, 0) is 39.3 Å². The summed E-state index contributed by atoms with van der Waals surface area (Å²) in [6.45, 7) is 0. The zero-order valence-electron chi connectivity index (χ0n) is 23.3. The Hall–Kier alpha value is -4.82. The standard InChI is InChI=1S/C30H26N8O4S2/c1-37-30(34-35-36-37)44-16-19-15-43-27-23(33-29-31-21-13-12-20(39)14-22(21)32-29)26(40)38(27)24(19)28(41)42-25(17-8-4-2-5-9-17)18-10-6-3-7-11-18/h2-14,23,25,27,39H,15-16H2,1H3,(H2,31,32,33)/t23-,27?/m1/s1. The number of fused-ring (bicyclic) bond motifs is 2. The number of nitrogens with one attached hydrogen (secondary N) is 2. The Balaban J connectivity index is 1.19. The Labute approximate surface area is 259 Å². The lowest BCUT2D eigenvalue weighted by atomic mass is 10.0. The quantitative estimate of drug-likeness (QED) is 0.124. The summed E-state index contributed by atoms with van der Waals surface area (Å²) < 4.78 is 7.80. The van der Waals surface area contributed by atoms with Crippen LogP contribution in [0.5, 0.6) is 5.75 Å². The molecule has 0 spiro atoms. The first-order chi connectivity index (χ1) is 21.5. The number of thioether (sulfide) groups is 2. The van der Waals surface area contributed by atoms with Crippen LogP contribution in [-0.2, 0) is 21.4 Å². The maximum absolute atomic E-state index is 14.1. The van der Waals surface area contributed by atoms with Crippen molar-refractivity contribution in [1.29, 1.82) is 0 Å². The molecule has 2 aliphatic rings. The third kappa shape index (κ3) is 5.26. The summed E-state index contributed by atoms with van der Waals surface area (Å²) >= 11 is 2.95. The molecule has 44 heavy (non-hydrogen) atoms. The normalized spacial score (nSPS) is 18.0. The molecule has 222 valence electrons. The number of phenolic OH excluding ortho intramolecular Hbond substituents is 1. The number of tetrazole rings is 1.